The van der Waals surface area contributed by atoms with Gasteiger partial charge in [-0.1, -0.05) is 11.6 Å². The van der Waals surface area contributed by atoms with Gasteiger partial charge < -0.3 is 5.32 Å². The Morgan fingerprint density at radius 2 is 2.15 bits per heavy atom. The van der Waals surface area contributed by atoms with Crippen LogP contribution in [0.1, 0.15) is 25.6 Å². The van der Waals surface area contributed by atoms with E-state index in [0.717, 1.165) is 12.1 Å². The van der Waals surface area contributed by atoms with Crippen molar-refractivity contribution in [2.75, 3.05) is 11.9 Å². The van der Waals surface area contributed by atoms with E-state index in [9.17, 15) is 4.79 Å². The van der Waals surface area contributed by atoms with E-state index in [1.54, 1.807) is 12.4 Å². The maximum absolute atomic E-state index is 12.0. The van der Waals surface area contributed by atoms with Crippen molar-refractivity contribution < 1.29 is 0 Å². The number of nitrogens with zero attached hydrogens (tertiary/aromatic N) is 4. The van der Waals surface area contributed by atoms with Gasteiger partial charge in [0.2, 0.25) is 0 Å². The van der Waals surface area contributed by atoms with E-state index in [4.69, 9.17) is 11.6 Å². The molecule has 0 bridgehead atoms. The number of hydrogen-bond acceptors (Lipinski definition) is 4. The van der Waals surface area contributed by atoms with Crippen molar-refractivity contribution in [2.24, 2.45) is 7.05 Å². The minimum Gasteiger partial charge on any atom is -0.382 e. The average molecular weight is 296 g/mol. The SMILES string of the molecule is CC(C)n1ncc(NCCc2ccnn2C)c(Cl)c1=O. The maximum Gasteiger partial charge on any atom is 0.287 e. The molecule has 0 spiro atoms. The molecule has 2 heterocycles. The number of hydrogen-bond donors (Lipinski definition) is 1. The summed E-state index contributed by atoms with van der Waals surface area (Å²) in [6, 6.07) is 1.95. The summed E-state index contributed by atoms with van der Waals surface area (Å²) in [4.78, 5) is 12.0. The number of anilines is 1. The predicted octanol–water partition coefficient (Wildman–Crippen LogP) is 1.87. The first-order valence-corrected chi connectivity index (χ1v) is 6.86. The van der Waals surface area contributed by atoms with E-state index in [1.807, 2.05) is 31.6 Å². The van der Waals surface area contributed by atoms with Crippen LogP contribution in [-0.2, 0) is 13.5 Å². The zero-order chi connectivity index (χ0) is 14.7. The van der Waals surface area contributed by atoms with Gasteiger partial charge in [0, 0.05) is 31.9 Å². The molecule has 0 saturated heterocycles. The smallest absolute Gasteiger partial charge is 0.287 e. The lowest BCUT2D eigenvalue weighted by Gasteiger charge is -2.12. The molecule has 20 heavy (non-hydrogen) atoms. The first kappa shape index (κ1) is 14.6. The first-order chi connectivity index (χ1) is 9.50. The Kier molecular flexibility index (Phi) is 4.44. The highest BCUT2D eigenvalue weighted by Crippen LogP contribution is 2.16. The maximum atomic E-state index is 12.0. The predicted molar refractivity (Wildman–Crippen MR) is 79.3 cm³/mol. The van der Waals surface area contributed by atoms with Crippen LogP contribution in [0.5, 0.6) is 0 Å². The fourth-order valence-corrected chi connectivity index (χ4v) is 2.11. The summed E-state index contributed by atoms with van der Waals surface area (Å²) in [5.74, 6) is 0. The lowest BCUT2D eigenvalue weighted by Crippen LogP contribution is -2.26. The standard InChI is InChI=1S/C13H18ClN5O/c1-9(2)19-13(20)12(14)11(8-17-19)15-6-4-10-5-7-16-18(10)3/h5,7-9,15H,4,6H2,1-3H3. The van der Waals surface area contributed by atoms with Crippen molar-refractivity contribution in [1.29, 1.82) is 0 Å². The van der Waals surface area contributed by atoms with E-state index < -0.39 is 0 Å². The number of rotatable bonds is 5. The Labute approximate surface area is 122 Å². The third kappa shape index (κ3) is 3.01. The quantitative estimate of drug-likeness (QED) is 0.914. The van der Waals surface area contributed by atoms with E-state index in [-0.39, 0.29) is 16.6 Å². The van der Waals surface area contributed by atoms with Gasteiger partial charge in [0.15, 0.2) is 0 Å². The van der Waals surface area contributed by atoms with Gasteiger partial charge in [-0.2, -0.15) is 10.2 Å². The molecule has 0 atom stereocenters. The molecule has 2 rings (SSSR count). The summed E-state index contributed by atoms with van der Waals surface area (Å²) < 4.78 is 3.19. The summed E-state index contributed by atoms with van der Waals surface area (Å²) in [6.45, 7) is 4.44. The molecule has 0 aliphatic heterocycles. The molecule has 0 aliphatic rings. The van der Waals surface area contributed by atoms with E-state index in [0.29, 0.717) is 12.2 Å². The van der Waals surface area contributed by atoms with Gasteiger partial charge in [-0.05, 0) is 19.9 Å². The molecule has 0 aliphatic carbocycles. The molecule has 0 radical (unpaired) electrons. The second-order valence-electron chi connectivity index (χ2n) is 4.84. The molecule has 0 amide bonds. The monoisotopic (exact) mass is 295 g/mol. The summed E-state index contributed by atoms with van der Waals surface area (Å²) in [6.07, 6.45) is 4.14. The fourth-order valence-electron chi connectivity index (χ4n) is 1.91. The Bertz CT molecular complexity index is 646. The van der Waals surface area contributed by atoms with Gasteiger partial charge in [-0.15, -0.1) is 0 Å². The largest absolute Gasteiger partial charge is 0.382 e. The number of aromatic nitrogens is 4. The highest BCUT2D eigenvalue weighted by atomic mass is 35.5. The van der Waals surface area contributed by atoms with Crippen molar-refractivity contribution in [3.63, 3.8) is 0 Å². The number of nitrogens with one attached hydrogen (secondary N) is 1. The van der Waals surface area contributed by atoms with Gasteiger partial charge >= 0.3 is 0 Å². The molecule has 2 aromatic rings. The van der Waals surface area contributed by atoms with Gasteiger partial charge in [0.1, 0.15) is 5.02 Å². The average Bonchev–Trinajstić information content (AvgIpc) is 2.80. The Balaban J connectivity index is 2.05. The normalized spacial score (nSPS) is 11.1. The summed E-state index contributed by atoms with van der Waals surface area (Å²) >= 11 is 6.08. The summed E-state index contributed by atoms with van der Waals surface area (Å²) in [7, 11) is 1.90. The van der Waals surface area contributed by atoms with Crippen molar-refractivity contribution in [3.05, 3.63) is 39.5 Å². The fraction of sp³-hybridized carbons (Fsp3) is 0.462. The second-order valence-corrected chi connectivity index (χ2v) is 5.22. The van der Waals surface area contributed by atoms with Crippen molar-refractivity contribution in [2.45, 2.75) is 26.3 Å². The van der Waals surface area contributed by atoms with Gasteiger partial charge in [-0.3, -0.25) is 9.48 Å². The Morgan fingerprint density at radius 1 is 1.40 bits per heavy atom. The molecule has 6 nitrogen and oxygen atoms in total. The van der Waals surface area contributed by atoms with E-state index in [2.05, 4.69) is 15.5 Å². The highest BCUT2D eigenvalue weighted by Gasteiger charge is 2.11. The van der Waals surface area contributed by atoms with Crippen molar-refractivity contribution >= 4 is 17.3 Å². The molecule has 0 fully saturated rings. The zero-order valence-corrected chi connectivity index (χ0v) is 12.6. The third-order valence-corrected chi connectivity index (χ3v) is 3.42. The molecule has 7 heteroatoms. The van der Waals surface area contributed by atoms with E-state index >= 15 is 0 Å². The number of aryl methyl sites for hydroxylation is 1. The molecular formula is C13H18ClN5O. The van der Waals surface area contributed by atoms with Crippen LogP contribution in [0.3, 0.4) is 0 Å². The summed E-state index contributed by atoms with van der Waals surface area (Å²) in [5, 5.41) is 11.5. The number of halogens is 1. The molecule has 108 valence electrons. The van der Waals surface area contributed by atoms with Crippen molar-refractivity contribution in [3.8, 4) is 0 Å². The van der Waals surface area contributed by atoms with Crippen LogP contribution in [-0.4, -0.2) is 26.1 Å². The topological polar surface area (TPSA) is 64.7 Å². The first-order valence-electron chi connectivity index (χ1n) is 6.48. The molecule has 0 aromatic carbocycles. The minimum atomic E-state index is -0.271. The Morgan fingerprint density at radius 3 is 2.75 bits per heavy atom. The van der Waals surface area contributed by atoms with Crippen LogP contribution in [0.25, 0.3) is 0 Å². The van der Waals surface area contributed by atoms with Crippen LogP contribution in [0.4, 0.5) is 5.69 Å². The van der Waals surface area contributed by atoms with Crippen LogP contribution in [0.15, 0.2) is 23.3 Å². The molecule has 1 N–H and O–H groups in total. The second kappa shape index (κ2) is 6.09. The lowest BCUT2D eigenvalue weighted by atomic mass is 10.3. The highest BCUT2D eigenvalue weighted by molar-refractivity contribution is 6.32. The third-order valence-electron chi connectivity index (χ3n) is 3.05. The molecule has 2 aromatic heterocycles. The van der Waals surface area contributed by atoms with Crippen molar-refractivity contribution in [1.82, 2.24) is 19.6 Å². The van der Waals surface area contributed by atoms with Gasteiger partial charge in [0.25, 0.3) is 5.56 Å². The van der Waals surface area contributed by atoms with Gasteiger partial charge in [-0.25, -0.2) is 4.68 Å². The molecule has 0 unspecified atom stereocenters. The molecule has 0 saturated carbocycles. The minimum absolute atomic E-state index is 0.0107. The van der Waals surface area contributed by atoms with Crippen LogP contribution < -0.4 is 10.9 Å². The van der Waals surface area contributed by atoms with Crippen LogP contribution in [0, 0.1) is 0 Å². The van der Waals surface area contributed by atoms with Crippen LogP contribution in [0.2, 0.25) is 5.02 Å². The molecular weight excluding hydrogens is 278 g/mol. The van der Waals surface area contributed by atoms with E-state index in [1.165, 1.54) is 4.68 Å². The summed E-state index contributed by atoms with van der Waals surface area (Å²) in [5.41, 5.74) is 1.40. The zero-order valence-electron chi connectivity index (χ0n) is 11.8. The van der Waals surface area contributed by atoms with Crippen LogP contribution >= 0.6 is 11.6 Å². The van der Waals surface area contributed by atoms with Gasteiger partial charge in [0.05, 0.1) is 17.9 Å². The lowest BCUT2D eigenvalue weighted by molar-refractivity contribution is 0.503. The Hall–Kier alpha value is -1.82.